The molecule has 0 saturated heterocycles. The third-order valence-corrected chi connectivity index (χ3v) is 2.14. The van der Waals surface area contributed by atoms with Crippen molar-refractivity contribution < 1.29 is 9.84 Å². The van der Waals surface area contributed by atoms with Crippen molar-refractivity contribution in [2.24, 2.45) is 0 Å². The highest BCUT2D eigenvalue weighted by Crippen LogP contribution is 2.19. The Morgan fingerprint density at radius 3 is 2.55 bits per heavy atom. The molecule has 0 spiro atoms. The van der Waals surface area contributed by atoms with Crippen LogP contribution in [-0.2, 0) is 4.74 Å². The Balaban J connectivity index is 2.52. The molecule has 0 saturated carbocycles. The molecule has 0 atom stereocenters. The van der Waals surface area contributed by atoms with Gasteiger partial charge in [-0.1, -0.05) is 11.8 Å². The number of thioether (sulfide) groups is 1. The zero-order valence-electron chi connectivity index (χ0n) is 6.28. The van der Waals surface area contributed by atoms with Crippen LogP contribution in [0.2, 0.25) is 0 Å². The Bertz CT molecular complexity index is 208. The SMILES string of the molecule is COCSc1ccc(O)cc1. The quantitative estimate of drug-likeness (QED) is 0.556. The van der Waals surface area contributed by atoms with E-state index < -0.39 is 0 Å². The maximum Gasteiger partial charge on any atom is 0.115 e. The summed E-state index contributed by atoms with van der Waals surface area (Å²) in [5, 5.41) is 8.94. The number of phenols is 1. The first-order valence-corrected chi connectivity index (χ1v) is 4.22. The third kappa shape index (κ3) is 2.82. The van der Waals surface area contributed by atoms with Crippen LogP contribution in [0.3, 0.4) is 0 Å². The molecule has 0 unspecified atom stereocenters. The number of benzene rings is 1. The molecule has 0 aliphatic rings. The van der Waals surface area contributed by atoms with E-state index in [0.717, 1.165) is 4.90 Å². The molecule has 1 N–H and O–H groups in total. The Morgan fingerprint density at radius 2 is 2.00 bits per heavy atom. The summed E-state index contributed by atoms with van der Waals surface area (Å²) in [6, 6.07) is 7.05. The molecular formula is C8H10O2S. The molecule has 0 bridgehead atoms. The van der Waals surface area contributed by atoms with Crippen molar-refractivity contribution in [3.05, 3.63) is 24.3 Å². The molecule has 0 fully saturated rings. The Hall–Kier alpha value is -0.670. The van der Waals surface area contributed by atoms with Crippen LogP contribution in [0.5, 0.6) is 5.75 Å². The van der Waals surface area contributed by atoms with Crippen LogP contribution in [0.4, 0.5) is 0 Å². The van der Waals surface area contributed by atoms with Crippen molar-refractivity contribution in [2.75, 3.05) is 13.0 Å². The van der Waals surface area contributed by atoms with Gasteiger partial charge in [0.2, 0.25) is 0 Å². The molecule has 0 aliphatic heterocycles. The lowest BCUT2D eigenvalue weighted by Crippen LogP contribution is -1.80. The van der Waals surface area contributed by atoms with Gasteiger partial charge in [0.25, 0.3) is 0 Å². The molecule has 0 aromatic heterocycles. The van der Waals surface area contributed by atoms with Crippen LogP contribution < -0.4 is 0 Å². The molecule has 1 rings (SSSR count). The van der Waals surface area contributed by atoms with Crippen LogP contribution in [0.25, 0.3) is 0 Å². The van der Waals surface area contributed by atoms with Crippen molar-refractivity contribution in [1.29, 1.82) is 0 Å². The first kappa shape index (κ1) is 8.43. The number of hydrogen-bond donors (Lipinski definition) is 1. The number of methoxy groups -OCH3 is 1. The summed E-state index contributed by atoms with van der Waals surface area (Å²) in [6.07, 6.45) is 0. The van der Waals surface area contributed by atoms with Gasteiger partial charge in [-0.05, 0) is 24.3 Å². The highest BCUT2D eigenvalue weighted by molar-refractivity contribution is 7.99. The molecule has 1 aromatic rings. The number of aromatic hydroxyl groups is 1. The zero-order valence-corrected chi connectivity index (χ0v) is 7.10. The molecule has 0 aliphatic carbocycles. The first-order chi connectivity index (χ1) is 5.33. The number of rotatable bonds is 3. The van der Waals surface area contributed by atoms with Crippen LogP contribution >= 0.6 is 11.8 Å². The molecular weight excluding hydrogens is 160 g/mol. The highest BCUT2D eigenvalue weighted by atomic mass is 32.2. The van der Waals surface area contributed by atoms with Gasteiger partial charge >= 0.3 is 0 Å². The molecule has 0 heterocycles. The van der Waals surface area contributed by atoms with E-state index in [1.54, 1.807) is 31.0 Å². The summed E-state index contributed by atoms with van der Waals surface area (Å²) in [7, 11) is 1.66. The standard InChI is InChI=1S/C8H10O2S/c1-10-6-11-8-4-2-7(9)3-5-8/h2-5,9H,6H2,1H3. The van der Waals surface area contributed by atoms with Gasteiger partial charge in [0.15, 0.2) is 0 Å². The monoisotopic (exact) mass is 170 g/mol. The zero-order chi connectivity index (χ0) is 8.10. The van der Waals surface area contributed by atoms with Crippen molar-refractivity contribution >= 4 is 11.8 Å². The minimum Gasteiger partial charge on any atom is -0.508 e. The van der Waals surface area contributed by atoms with Crippen LogP contribution in [0.15, 0.2) is 29.2 Å². The van der Waals surface area contributed by atoms with Crippen molar-refractivity contribution in [1.82, 2.24) is 0 Å². The van der Waals surface area contributed by atoms with E-state index in [9.17, 15) is 0 Å². The van der Waals surface area contributed by atoms with Gasteiger partial charge in [-0.2, -0.15) is 0 Å². The van der Waals surface area contributed by atoms with Crippen LogP contribution in [0, 0.1) is 0 Å². The van der Waals surface area contributed by atoms with E-state index in [0.29, 0.717) is 11.7 Å². The van der Waals surface area contributed by atoms with E-state index in [1.165, 1.54) is 0 Å². The topological polar surface area (TPSA) is 29.5 Å². The minimum absolute atomic E-state index is 0.298. The van der Waals surface area contributed by atoms with Crippen LogP contribution in [0.1, 0.15) is 0 Å². The van der Waals surface area contributed by atoms with E-state index in [1.807, 2.05) is 12.1 Å². The third-order valence-electron chi connectivity index (χ3n) is 1.18. The minimum atomic E-state index is 0.298. The highest BCUT2D eigenvalue weighted by Gasteiger charge is 1.91. The van der Waals surface area contributed by atoms with Gasteiger partial charge in [-0.15, -0.1) is 0 Å². The predicted octanol–water partition coefficient (Wildman–Crippen LogP) is 2.09. The van der Waals surface area contributed by atoms with Gasteiger partial charge in [0.1, 0.15) is 5.75 Å². The van der Waals surface area contributed by atoms with Crippen molar-refractivity contribution in [2.45, 2.75) is 4.90 Å². The van der Waals surface area contributed by atoms with Gasteiger partial charge in [-0.3, -0.25) is 0 Å². The average molecular weight is 170 g/mol. The fraction of sp³-hybridized carbons (Fsp3) is 0.250. The summed E-state index contributed by atoms with van der Waals surface area (Å²) in [4.78, 5) is 1.10. The lowest BCUT2D eigenvalue weighted by atomic mass is 10.3. The summed E-state index contributed by atoms with van der Waals surface area (Å²) in [5.41, 5.74) is 0. The van der Waals surface area contributed by atoms with E-state index >= 15 is 0 Å². The Labute approximate surface area is 70.2 Å². The van der Waals surface area contributed by atoms with Crippen molar-refractivity contribution in [3.8, 4) is 5.75 Å². The van der Waals surface area contributed by atoms with Gasteiger partial charge in [-0.25, -0.2) is 0 Å². The van der Waals surface area contributed by atoms with Gasteiger partial charge in [0.05, 0.1) is 5.94 Å². The lowest BCUT2D eigenvalue weighted by molar-refractivity contribution is 0.259. The molecule has 60 valence electrons. The second-order valence-electron chi connectivity index (χ2n) is 2.04. The summed E-state index contributed by atoms with van der Waals surface area (Å²) in [6.45, 7) is 0. The van der Waals surface area contributed by atoms with Gasteiger partial charge < -0.3 is 9.84 Å². The first-order valence-electron chi connectivity index (χ1n) is 3.23. The average Bonchev–Trinajstić information content (AvgIpc) is 2.04. The van der Waals surface area contributed by atoms with E-state index in [-0.39, 0.29) is 0 Å². The summed E-state index contributed by atoms with van der Waals surface area (Å²) < 4.78 is 4.88. The van der Waals surface area contributed by atoms with Crippen LogP contribution in [-0.4, -0.2) is 18.2 Å². The summed E-state index contributed by atoms with van der Waals surface area (Å²) in [5.74, 6) is 0.942. The summed E-state index contributed by atoms with van der Waals surface area (Å²) >= 11 is 1.60. The smallest absolute Gasteiger partial charge is 0.115 e. The fourth-order valence-electron chi connectivity index (χ4n) is 0.669. The second kappa shape index (κ2) is 4.26. The lowest BCUT2D eigenvalue weighted by Gasteiger charge is -1.98. The Kier molecular flexibility index (Phi) is 3.26. The molecule has 0 radical (unpaired) electrons. The van der Waals surface area contributed by atoms with Crippen molar-refractivity contribution in [3.63, 3.8) is 0 Å². The maximum absolute atomic E-state index is 8.94. The number of phenolic OH excluding ortho intramolecular Hbond substituents is 1. The molecule has 11 heavy (non-hydrogen) atoms. The molecule has 0 amide bonds. The maximum atomic E-state index is 8.94. The number of ether oxygens (including phenoxy) is 1. The van der Waals surface area contributed by atoms with E-state index in [4.69, 9.17) is 9.84 Å². The number of hydrogen-bond acceptors (Lipinski definition) is 3. The normalized spacial score (nSPS) is 9.91. The second-order valence-corrected chi connectivity index (χ2v) is 3.04. The fourth-order valence-corrected chi connectivity index (χ4v) is 1.25. The molecule has 3 heteroatoms. The van der Waals surface area contributed by atoms with E-state index in [2.05, 4.69) is 0 Å². The molecule has 2 nitrogen and oxygen atoms in total. The van der Waals surface area contributed by atoms with Gasteiger partial charge in [0, 0.05) is 12.0 Å². The predicted molar refractivity (Wildman–Crippen MR) is 45.8 cm³/mol. The molecule has 1 aromatic carbocycles. The largest absolute Gasteiger partial charge is 0.508 e. The Morgan fingerprint density at radius 1 is 1.36 bits per heavy atom.